The molecule has 0 aromatic heterocycles. The zero-order valence-corrected chi connectivity index (χ0v) is 24.6. The molecule has 5 rings (SSSR count). The summed E-state index contributed by atoms with van der Waals surface area (Å²) in [5.74, 6) is -1.47. The van der Waals surface area contributed by atoms with Gasteiger partial charge in [-0.25, -0.2) is 0 Å². The smallest absolute Gasteiger partial charge is 0.255 e. The molecule has 5 aromatic rings. The summed E-state index contributed by atoms with van der Waals surface area (Å²) in [4.78, 5) is 39.2. The van der Waals surface area contributed by atoms with Gasteiger partial charge in [0.15, 0.2) is 0 Å². The van der Waals surface area contributed by atoms with E-state index < -0.39 is 17.9 Å². The number of phenols is 3. The molecule has 0 radical (unpaired) electrons. The second-order valence-electron chi connectivity index (χ2n) is 10.9. The van der Waals surface area contributed by atoms with Gasteiger partial charge < -0.3 is 31.3 Å². The summed E-state index contributed by atoms with van der Waals surface area (Å²) >= 11 is 0. The standard InChI is InChI=1S/C36H35N3O6/c40-28-14-12-23(13-15-28)16-18-38-36(45)31(39-35(44)30-20-25-8-2-4-10-27(25)22-33(30)42)11-5-6-17-37-34(43)29-19-24-7-1-3-9-26(24)21-32(29)41/h1-4,7-10,12-15,19-22,31,40-42H,5-6,11,16-18H2,(H,37,43)(H,38,45)(H,39,44). The quantitative estimate of drug-likeness (QED) is 0.108. The Morgan fingerprint density at radius 1 is 0.600 bits per heavy atom. The van der Waals surface area contributed by atoms with Crippen molar-refractivity contribution in [3.63, 3.8) is 0 Å². The summed E-state index contributed by atoms with van der Waals surface area (Å²) in [5.41, 5.74) is 1.18. The molecule has 0 aliphatic heterocycles. The molecule has 0 saturated heterocycles. The molecular weight excluding hydrogens is 570 g/mol. The summed E-state index contributed by atoms with van der Waals surface area (Å²) in [6, 6.07) is 26.9. The molecule has 9 nitrogen and oxygen atoms in total. The van der Waals surface area contributed by atoms with E-state index in [1.54, 1.807) is 42.5 Å². The molecule has 0 saturated carbocycles. The Balaban J connectivity index is 1.20. The lowest BCUT2D eigenvalue weighted by Gasteiger charge is -2.19. The fourth-order valence-corrected chi connectivity index (χ4v) is 5.21. The molecule has 0 fully saturated rings. The van der Waals surface area contributed by atoms with Crippen molar-refractivity contribution in [3.05, 3.63) is 114 Å². The van der Waals surface area contributed by atoms with E-state index in [1.807, 2.05) is 48.5 Å². The van der Waals surface area contributed by atoms with Crippen LogP contribution < -0.4 is 16.0 Å². The second-order valence-corrected chi connectivity index (χ2v) is 10.9. The second kappa shape index (κ2) is 14.3. The van der Waals surface area contributed by atoms with Gasteiger partial charge >= 0.3 is 0 Å². The third-order valence-electron chi connectivity index (χ3n) is 7.69. The number of unbranched alkanes of at least 4 members (excludes halogenated alkanes) is 1. The maximum Gasteiger partial charge on any atom is 0.255 e. The number of benzene rings is 5. The zero-order chi connectivity index (χ0) is 31.8. The zero-order valence-electron chi connectivity index (χ0n) is 24.6. The minimum atomic E-state index is -0.886. The predicted molar refractivity (Wildman–Crippen MR) is 173 cm³/mol. The molecule has 0 heterocycles. The molecule has 1 unspecified atom stereocenters. The molecule has 230 valence electrons. The number of hydrogen-bond donors (Lipinski definition) is 6. The number of hydrogen-bond acceptors (Lipinski definition) is 6. The van der Waals surface area contributed by atoms with E-state index in [0.29, 0.717) is 38.8 Å². The molecule has 3 amide bonds. The lowest BCUT2D eigenvalue weighted by Crippen LogP contribution is -2.47. The van der Waals surface area contributed by atoms with Gasteiger partial charge in [-0.1, -0.05) is 60.7 Å². The first kappa shape index (κ1) is 30.9. The maximum absolute atomic E-state index is 13.3. The summed E-state index contributed by atoms with van der Waals surface area (Å²) in [6.45, 7) is 0.627. The van der Waals surface area contributed by atoms with Gasteiger partial charge in [0.1, 0.15) is 23.3 Å². The van der Waals surface area contributed by atoms with Crippen LogP contribution in [0.3, 0.4) is 0 Å². The van der Waals surface area contributed by atoms with Crippen molar-refractivity contribution in [2.24, 2.45) is 0 Å². The van der Waals surface area contributed by atoms with Gasteiger partial charge in [-0.3, -0.25) is 14.4 Å². The van der Waals surface area contributed by atoms with Gasteiger partial charge in [0, 0.05) is 13.1 Å². The maximum atomic E-state index is 13.3. The van der Waals surface area contributed by atoms with Crippen LogP contribution in [0.25, 0.3) is 21.5 Å². The van der Waals surface area contributed by atoms with Crippen LogP contribution in [0.2, 0.25) is 0 Å². The van der Waals surface area contributed by atoms with Crippen molar-refractivity contribution < 1.29 is 29.7 Å². The van der Waals surface area contributed by atoms with Gasteiger partial charge in [0.25, 0.3) is 11.8 Å². The number of nitrogens with one attached hydrogen (secondary N) is 3. The third kappa shape index (κ3) is 7.88. The van der Waals surface area contributed by atoms with Gasteiger partial charge in [0.05, 0.1) is 11.1 Å². The molecule has 45 heavy (non-hydrogen) atoms. The van der Waals surface area contributed by atoms with Crippen molar-refractivity contribution in [1.29, 1.82) is 0 Å². The van der Waals surface area contributed by atoms with Crippen LogP contribution in [0.4, 0.5) is 0 Å². The van der Waals surface area contributed by atoms with E-state index in [2.05, 4.69) is 16.0 Å². The number of rotatable bonds is 12. The highest BCUT2D eigenvalue weighted by molar-refractivity contribution is 6.03. The first-order valence-corrected chi connectivity index (χ1v) is 14.9. The SMILES string of the molecule is O=C(NCCCCC(NC(=O)c1cc2ccccc2cc1O)C(=O)NCCc1ccc(O)cc1)c1cc2ccccc2cc1O. The first-order valence-electron chi connectivity index (χ1n) is 14.9. The third-order valence-corrected chi connectivity index (χ3v) is 7.69. The van der Waals surface area contributed by atoms with E-state index in [4.69, 9.17) is 0 Å². The van der Waals surface area contributed by atoms with Crippen molar-refractivity contribution in [2.45, 2.75) is 31.7 Å². The van der Waals surface area contributed by atoms with Gasteiger partial charge in [-0.2, -0.15) is 0 Å². The lowest BCUT2D eigenvalue weighted by molar-refractivity contribution is -0.123. The fourth-order valence-electron chi connectivity index (χ4n) is 5.21. The molecule has 1 atom stereocenters. The van der Waals surface area contributed by atoms with Crippen LogP contribution in [0.1, 0.15) is 45.5 Å². The Morgan fingerprint density at radius 2 is 1.13 bits per heavy atom. The number of fused-ring (bicyclic) bond motifs is 2. The van der Waals surface area contributed by atoms with Crippen LogP contribution in [-0.2, 0) is 11.2 Å². The van der Waals surface area contributed by atoms with Crippen molar-refractivity contribution in [3.8, 4) is 17.2 Å². The van der Waals surface area contributed by atoms with E-state index in [1.165, 1.54) is 6.07 Å². The topological polar surface area (TPSA) is 148 Å². The van der Waals surface area contributed by atoms with E-state index >= 15 is 0 Å². The number of phenolic OH excluding ortho intramolecular Hbond substituents is 3. The fraction of sp³-hybridized carbons (Fsp3) is 0.194. The van der Waals surface area contributed by atoms with Crippen molar-refractivity contribution in [2.75, 3.05) is 13.1 Å². The molecular formula is C36H35N3O6. The van der Waals surface area contributed by atoms with Crippen molar-refractivity contribution in [1.82, 2.24) is 16.0 Å². The van der Waals surface area contributed by atoms with E-state index in [-0.39, 0.29) is 34.3 Å². The molecule has 9 heteroatoms. The average molecular weight is 606 g/mol. The van der Waals surface area contributed by atoms with Gasteiger partial charge in [0.2, 0.25) is 5.91 Å². The van der Waals surface area contributed by atoms with E-state index in [0.717, 1.165) is 27.1 Å². The highest BCUT2D eigenvalue weighted by Crippen LogP contribution is 2.26. The Kier molecular flexibility index (Phi) is 9.79. The minimum absolute atomic E-state index is 0.0676. The minimum Gasteiger partial charge on any atom is -0.508 e. The van der Waals surface area contributed by atoms with Gasteiger partial charge in [-0.15, -0.1) is 0 Å². The Morgan fingerprint density at radius 3 is 1.71 bits per heavy atom. The Labute approximate surface area is 260 Å². The average Bonchev–Trinajstić information content (AvgIpc) is 3.04. The molecule has 0 aliphatic carbocycles. The molecule has 0 bridgehead atoms. The normalized spacial score (nSPS) is 11.6. The monoisotopic (exact) mass is 605 g/mol. The number of amides is 3. The number of carbonyl (C=O) groups is 3. The van der Waals surface area contributed by atoms with Crippen molar-refractivity contribution >= 4 is 39.3 Å². The highest BCUT2D eigenvalue weighted by Gasteiger charge is 2.23. The predicted octanol–water partition coefficient (Wildman–Crippen LogP) is 5.17. The van der Waals surface area contributed by atoms with E-state index in [9.17, 15) is 29.7 Å². The lowest BCUT2D eigenvalue weighted by atomic mass is 10.0. The first-order chi connectivity index (χ1) is 21.8. The summed E-state index contributed by atoms with van der Waals surface area (Å²) in [5, 5.41) is 42.1. The summed E-state index contributed by atoms with van der Waals surface area (Å²) in [7, 11) is 0. The highest BCUT2D eigenvalue weighted by atomic mass is 16.3. The van der Waals surface area contributed by atoms with Crippen LogP contribution in [-0.4, -0.2) is 52.2 Å². The Bertz CT molecular complexity index is 1840. The molecule has 6 N–H and O–H groups in total. The summed E-state index contributed by atoms with van der Waals surface area (Å²) < 4.78 is 0. The van der Waals surface area contributed by atoms with Gasteiger partial charge in [-0.05, 0) is 89.2 Å². The summed E-state index contributed by atoms with van der Waals surface area (Å²) in [6.07, 6.45) is 1.85. The number of carbonyl (C=O) groups excluding carboxylic acids is 3. The van der Waals surface area contributed by atoms with Crippen LogP contribution >= 0.6 is 0 Å². The molecule has 0 spiro atoms. The largest absolute Gasteiger partial charge is 0.508 e. The van der Waals surface area contributed by atoms with Crippen LogP contribution in [0.15, 0.2) is 97.1 Å². The molecule has 0 aliphatic rings. The van der Waals surface area contributed by atoms with Crippen LogP contribution in [0, 0.1) is 0 Å². The number of aromatic hydroxyl groups is 3. The van der Waals surface area contributed by atoms with Crippen LogP contribution in [0.5, 0.6) is 17.2 Å². The molecule has 5 aromatic carbocycles. The Hall–Kier alpha value is -5.57.